The minimum absolute atomic E-state index is 0.229. The first kappa shape index (κ1) is 83.9. The van der Waals surface area contributed by atoms with Crippen molar-refractivity contribution in [3.05, 3.63) is 232 Å². The van der Waals surface area contributed by atoms with Gasteiger partial charge in [0.05, 0.1) is 51.1 Å². The summed E-state index contributed by atoms with van der Waals surface area (Å²) in [6.07, 6.45) is 9.63. The Hall–Kier alpha value is -13.0. The number of hydrogen-bond acceptors (Lipinski definition) is 17. The summed E-state index contributed by atoms with van der Waals surface area (Å²) in [7, 11) is 0. The zero-order valence-corrected chi connectivity index (χ0v) is 72.3. The van der Waals surface area contributed by atoms with Crippen molar-refractivity contribution in [2.24, 2.45) is 5.73 Å². The summed E-state index contributed by atoms with van der Waals surface area (Å²) in [4.78, 5) is 163. The molecule has 0 aromatic heterocycles. The van der Waals surface area contributed by atoms with Gasteiger partial charge in [0.1, 0.15) is 11.5 Å². The van der Waals surface area contributed by atoms with E-state index in [1.165, 1.54) is 32.4 Å². The number of ether oxygens (including phenoxy) is 3. The number of amides is 8. The fourth-order valence-electron chi connectivity index (χ4n) is 18.9. The van der Waals surface area contributed by atoms with Crippen LogP contribution in [0.1, 0.15) is 236 Å². The average Bonchev–Trinajstić information content (AvgIpc) is 0.679. The third-order valence-corrected chi connectivity index (χ3v) is 26.0. The van der Waals surface area contributed by atoms with Crippen LogP contribution in [0, 0.1) is 0 Å². The highest BCUT2D eigenvalue weighted by Crippen LogP contribution is 2.56. The summed E-state index contributed by atoms with van der Waals surface area (Å²) in [5, 5.41) is 26.4. The molecule has 126 heavy (non-hydrogen) atoms. The molecule has 21 nitrogen and oxygen atoms in total. The van der Waals surface area contributed by atoms with Crippen molar-refractivity contribution in [2.45, 2.75) is 112 Å². The van der Waals surface area contributed by atoms with E-state index in [1.807, 2.05) is 100 Å². The first-order valence-corrected chi connectivity index (χ1v) is 43.9. The van der Waals surface area contributed by atoms with Crippen molar-refractivity contribution in [1.29, 1.82) is 0 Å². The molecule has 3 N–H and O–H groups in total. The van der Waals surface area contributed by atoms with Gasteiger partial charge >= 0.3 is 23.9 Å². The number of esters is 4. The van der Waals surface area contributed by atoms with E-state index in [0.29, 0.717) is 157 Å². The Bertz CT molecular complexity index is 6790. The number of carbonyl (C=O) groups excluding carboxylic acids is 12. The molecule has 0 radical (unpaired) electrons. The minimum atomic E-state index is -0.666. The summed E-state index contributed by atoms with van der Waals surface area (Å²) in [6, 6.07) is 42.0. The molecule has 0 bridgehead atoms. The summed E-state index contributed by atoms with van der Waals surface area (Å²) in [6.45, 7) is 15.2. The lowest BCUT2D eigenvalue weighted by molar-refractivity contribution is 0.0373. The van der Waals surface area contributed by atoms with Crippen LogP contribution < -0.4 is 10.5 Å². The number of hydrogen-bond donors (Lipinski definition) is 2. The Labute approximate surface area is 739 Å². The van der Waals surface area contributed by atoms with Gasteiger partial charge in [0.2, 0.25) is 0 Å². The smallest absolute Gasteiger partial charge is 0.346 e. The topological polar surface area (TPSA) is 292 Å². The molecule has 0 aliphatic carbocycles. The maximum Gasteiger partial charge on any atom is 0.346 e. The Morgan fingerprint density at radius 2 is 0.492 bits per heavy atom. The predicted molar refractivity (Wildman–Crippen MR) is 491 cm³/mol. The average molecular weight is 1760 g/mol. The van der Waals surface area contributed by atoms with Crippen LogP contribution >= 0.6 is 46.4 Å². The van der Waals surface area contributed by atoms with E-state index < -0.39 is 47.5 Å². The van der Waals surface area contributed by atoms with E-state index in [0.717, 1.165) is 128 Å². The molecule has 16 aromatic rings. The van der Waals surface area contributed by atoms with Gasteiger partial charge in [-0.15, -0.1) is 0 Å². The van der Waals surface area contributed by atoms with Gasteiger partial charge in [-0.2, -0.15) is 0 Å². The highest BCUT2D eigenvalue weighted by atomic mass is 35.5. The predicted octanol–water partition coefficient (Wildman–Crippen LogP) is 23.0. The number of phenolic OH excluding ortho intramolecular Hbond substituents is 1. The Kier molecular flexibility index (Phi) is 21.8. The third-order valence-electron chi connectivity index (χ3n) is 24.8. The van der Waals surface area contributed by atoms with Crippen LogP contribution in [0.15, 0.2) is 146 Å². The van der Waals surface area contributed by atoms with Crippen LogP contribution in [0.5, 0.6) is 11.5 Å². The maximum atomic E-state index is 13.7. The van der Waals surface area contributed by atoms with E-state index in [2.05, 4.69) is 13.8 Å². The highest BCUT2D eigenvalue weighted by molar-refractivity contribution is 6.56. The summed E-state index contributed by atoms with van der Waals surface area (Å²) in [5.41, 5.74) is 9.86. The molecular formula is C101H79Cl4N5O16. The number of fused-ring (bicyclic) bond motifs is 6. The molecule has 632 valence electrons. The number of rotatable bonds is 17. The van der Waals surface area contributed by atoms with Crippen LogP contribution in [0.25, 0.3) is 129 Å². The number of nitrogens with zero attached hydrogens (tertiary/aromatic N) is 4. The number of nitrogens with two attached hydrogens (primary N) is 1. The van der Waals surface area contributed by atoms with Gasteiger partial charge in [-0.25, -0.2) is 19.2 Å². The van der Waals surface area contributed by atoms with Gasteiger partial charge in [-0.3, -0.25) is 58.0 Å². The van der Waals surface area contributed by atoms with Crippen LogP contribution in [0.2, 0.25) is 20.1 Å². The van der Waals surface area contributed by atoms with Gasteiger partial charge < -0.3 is 25.1 Å². The van der Waals surface area contributed by atoms with E-state index in [1.54, 1.807) is 72.8 Å². The molecule has 6 aliphatic heterocycles. The molecule has 0 atom stereocenters. The molecule has 25 heteroatoms. The van der Waals surface area contributed by atoms with Crippen molar-refractivity contribution in [3.63, 3.8) is 0 Å². The van der Waals surface area contributed by atoms with Crippen LogP contribution in [-0.4, -0.2) is 135 Å². The molecule has 0 saturated carbocycles. The van der Waals surface area contributed by atoms with Gasteiger partial charge in [0.25, 0.3) is 47.3 Å². The second-order valence-corrected chi connectivity index (χ2v) is 33.8. The van der Waals surface area contributed by atoms with Crippen LogP contribution in [-0.2, 0) is 9.47 Å². The van der Waals surface area contributed by atoms with Gasteiger partial charge in [-0.05, 0) is 207 Å². The number of unbranched alkanes of at least 4 members (excludes halogenated alkanes) is 5. The van der Waals surface area contributed by atoms with Crippen molar-refractivity contribution in [3.8, 4) is 11.5 Å². The lowest BCUT2D eigenvalue weighted by Crippen LogP contribution is -2.41. The molecule has 6 aliphatic rings. The molecule has 8 amide bonds. The number of cyclic esters (lactones) is 4. The second kappa shape index (κ2) is 32.8. The van der Waals surface area contributed by atoms with Crippen molar-refractivity contribution >= 4 is 247 Å². The van der Waals surface area contributed by atoms with Gasteiger partial charge in [-0.1, -0.05) is 169 Å². The molecule has 22 rings (SSSR count). The van der Waals surface area contributed by atoms with Crippen LogP contribution in [0.3, 0.4) is 0 Å². The number of phenols is 1. The molecule has 0 unspecified atom stereocenters. The third kappa shape index (κ3) is 12.9. The molecule has 0 fully saturated rings. The van der Waals surface area contributed by atoms with Crippen molar-refractivity contribution in [2.75, 3.05) is 39.3 Å². The normalized spacial score (nSPS) is 14.5. The Balaban J connectivity index is 0.000000119. The maximum absolute atomic E-state index is 13.7. The monoisotopic (exact) mass is 1760 g/mol. The Morgan fingerprint density at radius 1 is 0.270 bits per heavy atom. The number of imide groups is 4. The summed E-state index contributed by atoms with van der Waals surface area (Å²) >= 11 is 27.9. The highest BCUT2D eigenvalue weighted by Gasteiger charge is 2.43. The largest absolute Gasteiger partial charge is 0.508 e. The standard InChI is InChI=1S/C32H22Cl4N2O4.C32H26N2O4.C24H8O6.C9H12O2.C4H11N/c1-3-5-7-37-29(39)13-9-17(33)23-25-19(35)11-15-22-16(32(42)38(31(15)41)8-6-4-2)12-20(36)26(28(22)25)24-18(34)10-14(30(37)40)21(13)27(23)24;1-3-5-15-33-29(35)21-11-7-17-19-9-13-23-28-24(32(38)34(31(23)37)16-6-4-2)14-10-20(26(19)28)18-8-12-22(30(33)36)27(21)25(17)18;25-21-13-5-1-9-10-2-6-15-20-16(24(28)30-23(15)27)8-4-12(18(10)20)11-3-7-14(22(26)29-21)19(13)17(9)11;1-2-7-11-9-5-3-8(10)4-6-9;1-2-3-4-5/h9-12H,3-8H2,1-2H3;7-14H,3-6,15-16H2,1-2H3;1-8H;3-6,10H,2,7H2,1H3;2-5H2,1H3. The SMILES string of the molecule is CCCCN.CCCCN1C(=O)c2cc(Cl)c3c4c(Cl)cc5c6c(cc(Cl)c(c7c(Cl)cc(c2c37)C1=O)c64)C(=O)N(CCCC)C5=O.CCCCN1C(=O)c2ccc3c4ccc5c6c(ccc(c7ccc(c2c37)C1=O)c64)C(=O)N(CCCC)C5=O.CCCOc1ccc(O)cc1.O=C1OC(=O)c2ccc3c4ccc5c6c(ccc(c7ccc1c2c73)c64)C(=O)OC5=O. The number of halogens is 4. The number of benzene rings is 16. The fourth-order valence-corrected chi connectivity index (χ4v) is 20.1. The molecule has 0 spiro atoms. The summed E-state index contributed by atoms with van der Waals surface area (Å²) < 4.78 is 15.0. The fraction of sp³-hybridized carbons (Fsp3) is 0.228. The van der Waals surface area contributed by atoms with Gasteiger partial charge in [0, 0.05) is 133 Å². The molecule has 16 aromatic carbocycles. The van der Waals surface area contributed by atoms with E-state index >= 15 is 0 Å². The van der Waals surface area contributed by atoms with Crippen molar-refractivity contribution in [1.82, 2.24) is 19.6 Å². The Morgan fingerprint density at radius 3 is 0.714 bits per heavy atom. The molecule has 0 saturated heterocycles. The zero-order valence-electron chi connectivity index (χ0n) is 69.3. The van der Waals surface area contributed by atoms with E-state index in [4.69, 9.17) is 71.5 Å². The lowest BCUT2D eigenvalue weighted by atomic mass is 9.82. The molecular weight excluding hydrogens is 1680 g/mol. The van der Waals surface area contributed by atoms with Gasteiger partial charge in [0.15, 0.2) is 0 Å². The second-order valence-electron chi connectivity index (χ2n) is 32.2. The number of aromatic hydroxyl groups is 1. The minimum Gasteiger partial charge on any atom is -0.508 e. The van der Waals surface area contributed by atoms with Crippen LogP contribution in [0.4, 0.5) is 0 Å². The lowest BCUT2D eigenvalue weighted by Gasteiger charge is -2.31. The summed E-state index contributed by atoms with van der Waals surface area (Å²) in [5.74, 6) is -4.31. The molecule has 6 heterocycles. The van der Waals surface area contributed by atoms with E-state index in [-0.39, 0.29) is 62.6 Å². The van der Waals surface area contributed by atoms with Crippen molar-refractivity contribution < 1.29 is 76.9 Å². The quantitative estimate of drug-likeness (QED) is 0.0281. The zero-order chi connectivity index (χ0) is 88.6. The first-order valence-electron chi connectivity index (χ1n) is 42.4. The van der Waals surface area contributed by atoms with E-state index in [9.17, 15) is 57.5 Å². The number of carbonyl (C=O) groups is 12. The first-order chi connectivity index (χ1) is 60.9.